The lowest BCUT2D eigenvalue weighted by molar-refractivity contribution is 0.261. The summed E-state index contributed by atoms with van der Waals surface area (Å²) >= 11 is 0. The Morgan fingerprint density at radius 2 is 1.42 bits per heavy atom. The van der Waals surface area contributed by atoms with Crippen LogP contribution in [0.25, 0.3) is 0 Å². The summed E-state index contributed by atoms with van der Waals surface area (Å²) < 4.78 is 16.3. The number of nitrogens with one attached hydrogen (secondary N) is 1. The number of rotatable bonds is 15. The first-order valence-electron chi connectivity index (χ1n) is 9.92. The van der Waals surface area contributed by atoms with E-state index in [0.717, 1.165) is 37.4 Å². The van der Waals surface area contributed by atoms with E-state index < -0.39 is 0 Å². The first-order chi connectivity index (χ1) is 12.7. The van der Waals surface area contributed by atoms with Crippen molar-refractivity contribution in [3.8, 4) is 17.2 Å². The molecular formula is C21H38N2O3. The Hall–Kier alpha value is -1.46. The highest BCUT2D eigenvalue weighted by atomic mass is 16.5. The topological polar surface area (TPSA) is 43.0 Å². The standard InChI is InChI=1S/C21H38N2O3/c1-6-8-14-23(15-9-7-2)16-10-13-22-17-18-11-12-19(24-3)21(26-5)20(18)25-4/h11-12,22H,6-10,13-17H2,1-5H3. The molecule has 0 radical (unpaired) electrons. The van der Waals surface area contributed by atoms with Crippen LogP contribution < -0.4 is 19.5 Å². The van der Waals surface area contributed by atoms with Crippen molar-refractivity contribution in [2.24, 2.45) is 0 Å². The van der Waals surface area contributed by atoms with Crippen LogP contribution in [-0.2, 0) is 6.54 Å². The molecule has 1 N–H and O–H groups in total. The molecule has 0 aliphatic carbocycles. The van der Waals surface area contributed by atoms with E-state index in [4.69, 9.17) is 14.2 Å². The van der Waals surface area contributed by atoms with Gasteiger partial charge in [0.15, 0.2) is 11.5 Å². The molecule has 5 heteroatoms. The number of unbranched alkanes of at least 4 members (excludes halogenated alkanes) is 2. The summed E-state index contributed by atoms with van der Waals surface area (Å²) in [7, 11) is 4.94. The molecule has 0 amide bonds. The van der Waals surface area contributed by atoms with Gasteiger partial charge in [-0.1, -0.05) is 32.8 Å². The van der Waals surface area contributed by atoms with Crippen LogP contribution in [0.15, 0.2) is 12.1 Å². The highest BCUT2D eigenvalue weighted by molar-refractivity contribution is 5.55. The Morgan fingerprint density at radius 3 is 1.96 bits per heavy atom. The van der Waals surface area contributed by atoms with Crippen molar-refractivity contribution in [2.75, 3.05) is 47.5 Å². The third-order valence-electron chi connectivity index (χ3n) is 4.58. The van der Waals surface area contributed by atoms with Gasteiger partial charge in [-0.15, -0.1) is 0 Å². The van der Waals surface area contributed by atoms with Gasteiger partial charge in [0, 0.05) is 12.1 Å². The monoisotopic (exact) mass is 366 g/mol. The lowest BCUT2D eigenvalue weighted by atomic mass is 10.1. The van der Waals surface area contributed by atoms with Crippen LogP contribution in [-0.4, -0.2) is 52.4 Å². The summed E-state index contributed by atoms with van der Waals surface area (Å²) in [6.07, 6.45) is 6.27. The van der Waals surface area contributed by atoms with E-state index in [2.05, 4.69) is 24.1 Å². The van der Waals surface area contributed by atoms with Gasteiger partial charge in [0.25, 0.3) is 0 Å². The van der Waals surface area contributed by atoms with Crippen molar-refractivity contribution < 1.29 is 14.2 Å². The minimum absolute atomic E-state index is 0.652. The Labute approximate surface area is 160 Å². The average Bonchev–Trinajstić information content (AvgIpc) is 2.68. The van der Waals surface area contributed by atoms with Gasteiger partial charge >= 0.3 is 0 Å². The van der Waals surface area contributed by atoms with Crippen LogP contribution in [0.1, 0.15) is 51.5 Å². The van der Waals surface area contributed by atoms with Gasteiger partial charge in [-0.3, -0.25) is 0 Å². The van der Waals surface area contributed by atoms with Gasteiger partial charge in [-0.25, -0.2) is 0 Å². The molecule has 0 saturated heterocycles. The fourth-order valence-electron chi connectivity index (χ4n) is 3.05. The van der Waals surface area contributed by atoms with Gasteiger partial charge in [0.1, 0.15) is 0 Å². The molecule has 1 rings (SSSR count). The van der Waals surface area contributed by atoms with E-state index in [1.54, 1.807) is 21.3 Å². The Morgan fingerprint density at radius 1 is 0.808 bits per heavy atom. The van der Waals surface area contributed by atoms with Crippen molar-refractivity contribution in [3.05, 3.63) is 17.7 Å². The number of methoxy groups -OCH3 is 3. The van der Waals surface area contributed by atoms with Crippen LogP contribution in [0.4, 0.5) is 0 Å². The summed E-state index contributed by atoms with van der Waals surface area (Å²) in [5, 5.41) is 3.53. The first-order valence-corrected chi connectivity index (χ1v) is 9.92. The summed E-state index contributed by atoms with van der Waals surface area (Å²) in [6, 6.07) is 3.96. The van der Waals surface area contributed by atoms with Crippen LogP contribution >= 0.6 is 0 Å². The molecule has 26 heavy (non-hydrogen) atoms. The molecule has 0 fully saturated rings. The second kappa shape index (κ2) is 13.7. The normalized spacial score (nSPS) is 11.0. The second-order valence-electron chi connectivity index (χ2n) is 6.57. The summed E-state index contributed by atoms with van der Waals surface area (Å²) in [5.74, 6) is 2.09. The quantitative estimate of drug-likeness (QED) is 0.474. The van der Waals surface area contributed by atoms with Gasteiger partial charge in [0.05, 0.1) is 21.3 Å². The predicted molar refractivity (Wildman–Crippen MR) is 109 cm³/mol. The van der Waals surface area contributed by atoms with Crippen LogP contribution in [0.2, 0.25) is 0 Å². The van der Waals surface area contributed by atoms with Crippen LogP contribution in [0.5, 0.6) is 17.2 Å². The zero-order valence-electron chi connectivity index (χ0n) is 17.4. The fourth-order valence-corrected chi connectivity index (χ4v) is 3.05. The molecule has 1 aromatic rings. The molecular weight excluding hydrogens is 328 g/mol. The molecule has 0 unspecified atom stereocenters. The summed E-state index contributed by atoms with van der Waals surface area (Å²) in [5.41, 5.74) is 1.08. The average molecular weight is 367 g/mol. The smallest absolute Gasteiger partial charge is 0.203 e. The molecule has 150 valence electrons. The Balaban J connectivity index is 2.47. The van der Waals surface area contributed by atoms with Crippen LogP contribution in [0, 0.1) is 0 Å². The van der Waals surface area contributed by atoms with Crippen molar-refractivity contribution in [3.63, 3.8) is 0 Å². The number of hydrogen-bond acceptors (Lipinski definition) is 5. The van der Waals surface area contributed by atoms with E-state index >= 15 is 0 Å². The highest BCUT2D eigenvalue weighted by Gasteiger charge is 2.15. The van der Waals surface area contributed by atoms with Crippen molar-refractivity contribution in [2.45, 2.75) is 52.5 Å². The maximum absolute atomic E-state index is 5.54. The lowest BCUT2D eigenvalue weighted by Crippen LogP contribution is -2.29. The first kappa shape index (κ1) is 22.6. The number of nitrogens with zero attached hydrogens (tertiary/aromatic N) is 1. The zero-order chi connectivity index (χ0) is 19.2. The Bertz CT molecular complexity index is 486. The van der Waals surface area contributed by atoms with E-state index in [1.807, 2.05) is 12.1 Å². The number of ether oxygens (including phenoxy) is 3. The number of benzene rings is 1. The largest absolute Gasteiger partial charge is 0.493 e. The van der Waals surface area contributed by atoms with E-state index in [9.17, 15) is 0 Å². The van der Waals surface area contributed by atoms with Gasteiger partial charge in [-0.05, 0) is 51.5 Å². The van der Waals surface area contributed by atoms with Crippen molar-refractivity contribution in [1.82, 2.24) is 10.2 Å². The van der Waals surface area contributed by atoms with E-state index in [1.165, 1.54) is 38.8 Å². The maximum Gasteiger partial charge on any atom is 0.203 e. The molecule has 0 aliphatic heterocycles. The van der Waals surface area contributed by atoms with E-state index in [0.29, 0.717) is 11.5 Å². The van der Waals surface area contributed by atoms with Gasteiger partial charge in [-0.2, -0.15) is 0 Å². The number of hydrogen-bond donors (Lipinski definition) is 1. The molecule has 0 aliphatic rings. The second-order valence-corrected chi connectivity index (χ2v) is 6.57. The Kier molecular flexibility index (Phi) is 11.9. The molecule has 0 saturated carbocycles. The lowest BCUT2D eigenvalue weighted by Gasteiger charge is -2.22. The molecule has 5 nitrogen and oxygen atoms in total. The highest BCUT2D eigenvalue weighted by Crippen LogP contribution is 2.39. The molecule has 0 spiro atoms. The summed E-state index contributed by atoms with van der Waals surface area (Å²) in [6.45, 7) is 9.88. The fraction of sp³-hybridized carbons (Fsp3) is 0.714. The third kappa shape index (κ3) is 7.42. The van der Waals surface area contributed by atoms with Gasteiger partial charge < -0.3 is 24.4 Å². The minimum atomic E-state index is 0.652. The summed E-state index contributed by atoms with van der Waals surface area (Å²) in [4.78, 5) is 2.60. The molecule has 0 bridgehead atoms. The SMILES string of the molecule is CCCCN(CCCC)CCCNCc1ccc(OC)c(OC)c1OC. The molecule has 1 aromatic carbocycles. The molecule has 0 heterocycles. The minimum Gasteiger partial charge on any atom is -0.493 e. The van der Waals surface area contributed by atoms with Crippen LogP contribution in [0.3, 0.4) is 0 Å². The third-order valence-corrected chi connectivity index (χ3v) is 4.58. The predicted octanol–water partition coefficient (Wildman–Crippen LogP) is 4.09. The van der Waals surface area contributed by atoms with Gasteiger partial charge in [0.2, 0.25) is 5.75 Å². The van der Waals surface area contributed by atoms with Crippen molar-refractivity contribution in [1.29, 1.82) is 0 Å². The maximum atomic E-state index is 5.54. The van der Waals surface area contributed by atoms with E-state index in [-0.39, 0.29) is 0 Å². The molecule has 0 aromatic heterocycles. The molecule has 0 atom stereocenters. The van der Waals surface area contributed by atoms with Crippen molar-refractivity contribution >= 4 is 0 Å². The zero-order valence-corrected chi connectivity index (χ0v) is 17.4.